The highest BCUT2D eigenvalue weighted by Crippen LogP contribution is 2.46. The summed E-state index contributed by atoms with van der Waals surface area (Å²) in [5, 5.41) is 10.8. The van der Waals surface area contributed by atoms with Gasteiger partial charge in [-0.3, -0.25) is 14.4 Å². The van der Waals surface area contributed by atoms with Crippen molar-refractivity contribution >= 4 is 17.7 Å². The number of Topliss-reactive ketones (excluding diaryl/α,β-unsaturated/α-hetero) is 1. The van der Waals surface area contributed by atoms with Gasteiger partial charge in [0.15, 0.2) is 5.78 Å². The van der Waals surface area contributed by atoms with Crippen molar-refractivity contribution in [3.05, 3.63) is 35.6 Å². The average Bonchev–Trinajstić information content (AvgIpc) is 2.53. The van der Waals surface area contributed by atoms with E-state index in [1.807, 2.05) is 0 Å². The van der Waals surface area contributed by atoms with Crippen LogP contribution in [0.1, 0.15) is 38.7 Å². The topological polar surface area (TPSA) is 89.9 Å². The van der Waals surface area contributed by atoms with Crippen LogP contribution in [-0.2, 0) is 23.9 Å². The van der Waals surface area contributed by atoms with Crippen LogP contribution in [0.4, 0.5) is 4.39 Å². The Morgan fingerprint density at radius 2 is 1.85 bits per heavy atom. The normalized spacial score (nSPS) is 28.5. The number of ketones is 1. The molecule has 0 radical (unpaired) electrons. The minimum atomic E-state index is -1.73. The average molecular weight is 366 g/mol. The smallest absolute Gasteiger partial charge is 0.317 e. The monoisotopic (exact) mass is 366 g/mol. The maximum Gasteiger partial charge on any atom is 0.317 e. The molecule has 0 spiro atoms. The third-order valence-corrected chi connectivity index (χ3v) is 4.58. The first-order valence-corrected chi connectivity index (χ1v) is 8.56. The Balaban J connectivity index is 2.61. The predicted octanol–water partition coefficient (Wildman–Crippen LogP) is 1.99. The molecule has 1 aliphatic rings. The van der Waals surface area contributed by atoms with Gasteiger partial charge in [0.1, 0.15) is 11.7 Å². The van der Waals surface area contributed by atoms with Gasteiger partial charge in [0.05, 0.1) is 24.7 Å². The van der Waals surface area contributed by atoms with E-state index in [0.29, 0.717) is 0 Å². The lowest BCUT2D eigenvalue weighted by molar-refractivity contribution is -0.172. The van der Waals surface area contributed by atoms with Crippen LogP contribution in [0.5, 0.6) is 0 Å². The van der Waals surface area contributed by atoms with Crippen LogP contribution in [0, 0.1) is 17.7 Å². The zero-order chi connectivity index (χ0) is 19.5. The van der Waals surface area contributed by atoms with Crippen LogP contribution in [-0.4, -0.2) is 41.6 Å². The van der Waals surface area contributed by atoms with Gasteiger partial charge in [0.2, 0.25) is 0 Å². The molecule has 26 heavy (non-hydrogen) atoms. The first-order chi connectivity index (χ1) is 12.2. The Labute approximate surface area is 151 Å². The largest absolute Gasteiger partial charge is 0.466 e. The summed E-state index contributed by atoms with van der Waals surface area (Å²) in [5.41, 5.74) is -1.47. The number of rotatable bonds is 5. The zero-order valence-corrected chi connectivity index (χ0v) is 15.0. The fraction of sp³-hybridized carbons (Fsp3) is 0.526. The summed E-state index contributed by atoms with van der Waals surface area (Å²) in [6, 6.07) is 5.30. The molecule has 0 heterocycles. The fourth-order valence-corrected chi connectivity index (χ4v) is 3.59. The molecule has 2 rings (SSSR count). The molecule has 0 bridgehead atoms. The van der Waals surface area contributed by atoms with Crippen LogP contribution >= 0.6 is 0 Å². The summed E-state index contributed by atoms with van der Waals surface area (Å²) in [4.78, 5) is 37.6. The summed E-state index contributed by atoms with van der Waals surface area (Å²) in [6.45, 7) is 4.68. The lowest BCUT2D eigenvalue weighted by Crippen LogP contribution is -2.55. The number of carbonyl (C=O) groups is 3. The second-order valence-corrected chi connectivity index (χ2v) is 6.54. The van der Waals surface area contributed by atoms with Crippen molar-refractivity contribution in [1.82, 2.24) is 0 Å². The Bertz CT molecular complexity index is 699. The van der Waals surface area contributed by atoms with E-state index in [-0.39, 0.29) is 18.8 Å². The standard InChI is InChI=1S/C19H23FO6/c1-4-25-17(22)15-13(21)10-19(3,24)16(18(23)26-5-2)14(15)11-7-6-8-12(20)9-11/h6-9,14-16,24H,4-5,10H2,1-3H3/t14-,15+,16+,19-/m0/s1. The number of benzene rings is 1. The van der Waals surface area contributed by atoms with Crippen LogP contribution < -0.4 is 0 Å². The molecule has 0 amide bonds. The molecule has 1 saturated carbocycles. The van der Waals surface area contributed by atoms with Crippen molar-refractivity contribution in [2.45, 2.75) is 38.7 Å². The van der Waals surface area contributed by atoms with Gasteiger partial charge in [-0.05, 0) is 38.5 Å². The number of halogens is 1. The number of aliphatic hydroxyl groups is 1. The van der Waals surface area contributed by atoms with E-state index in [2.05, 4.69) is 0 Å². The molecular formula is C19H23FO6. The van der Waals surface area contributed by atoms with E-state index in [0.717, 1.165) is 6.07 Å². The van der Waals surface area contributed by atoms with E-state index < -0.39 is 53.3 Å². The van der Waals surface area contributed by atoms with Gasteiger partial charge in [-0.1, -0.05) is 12.1 Å². The van der Waals surface area contributed by atoms with Gasteiger partial charge in [-0.25, -0.2) is 4.39 Å². The third-order valence-electron chi connectivity index (χ3n) is 4.58. The van der Waals surface area contributed by atoms with Gasteiger partial charge >= 0.3 is 11.9 Å². The molecule has 1 aliphatic carbocycles. The zero-order valence-electron chi connectivity index (χ0n) is 15.0. The number of carbonyl (C=O) groups excluding carboxylic acids is 3. The Morgan fingerprint density at radius 3 is 2.42 bits per heavy atom. The van der Waals surface area contributed by atoms with E-state index in [9.17, 15) is 23.9 Å². The third kappa shape index (κ3) is 3.93. The second kappa shape index (κ2) is 7.95. The van der Waals surface area contributed by atoms with E-state index >= 15 is 0 Å². The minimum Gasteiger partial charge on any atom is -0.466 e. The molecular weight excluding hydrogens is 343 g/mol. The molecule has 1 fully saturated rings. The van der Waals surface area contributed by atoms with Crippen molar-refractivity contribution in [2.24, 2.45) is 11.8 Å². The van der Waals surface area contributed by atoms with E-state index in [1.165, 1.54) is 25.1 Å². The van der Waals surface area contributed by atoms with Crippen molar-refractivity contribution in [1.29, 1.82) is 0 Å². The second-order valence-electron chi connectivity index (χ2n) is 6.54. The number of hydrogen-bond donors (Lipinski definition) is 1. The van der Waals surface area contributed by atoms with E-state index in [4.69, 9.17) is 9.47 Å². The molecule has 0 aliphatic heterocycles. The van der Waals surface area contributed by atoms with Crippen LogP contribution in [0.2, 0.25) is 0 Å². The highest BCUT2D eigenvalue weighted by molar-refractivity contribution is 6.02. The van der Waals surface area contributed by atoms with Gasteiger partial charge in [-0.15, -0.1) is 0 Å². The Hall–Kier alpha value is -2.28. The minimum absolute atomic E-state index is 0.0545. The molecule has 1 aromatic rings. The fourth-order valence-electron chi connectivity index (χ4n) is 3.59. The summed E-state index contributed by atoms with van der Waals surface area (Å²) in [6.07, 6.45) is -0.397. The van der Waals surface area contributed by atoms with Crippen LogP contribution in [0.15, 0.2) is 24.3 Å². The van der Waals surface area contributed by atoms with Crippen molar-refractivity contribution < 1.29 is 33.4 Å². The highest BCUT2D eigenvalue weighted by Gasteiger charge is 2.57. The summed E-state index contributed by atoms with van der Waals surface area (Å²) in [5.74, 6) is -6.28. The molecule has 142 valence electrons. The van der Waals surface area contributed by atoms with Crippen molar-refractivity contribution in [3.63, 3.8) is 0 Å². The predicted molar refractivity (Wildman–Crippen MR) is 89.6 cm³/mol. The highest BCUT2D eigenvalue weighted by atomic mass is 19.1. The molecule has 0 aromatic heterocycles. The molecule has 6 nitrogen and oxygen atoms in total. The molecule has 7 heteroatoms. The number of esters is 2. The molecule has 0 unspecified atom stereocenters. The maximum atomic E-state index is 13.8. The molecule has 4 atom stereocenters. The Morgan fingerprint density at radius 1 is 1.23 bits per heavy atom. The SMILES string of the molecule is CCOC(=O)[C@@H]1C(=O)C[C@](C)(O)[C@@H](C(=O)OCC)[C@H]1c1cccc(F)c1. The molecule has 0 saturated heterocycles. The van der Waals surface area contributed by atoms with Gasteiger partial charge in [-0.2, -0.15) is 0 Å². The van der Waals surface area contributed by atoms with Crippen molar-refractivity contribution in [2.75, 3.05) is 13.2 Å². The maximum absolute atomic E-state index is 13.8. The first kappa shape index (κ1) is 20.0. The van der Waals surface area contributed by atoms with Crippen molar-refractivity contribution in [3.8, 4) is 0 Å². The van der Waals surface area contributed by atoms with Gasteiger partial charge in [0, 0.05) is 12.3 Å². The number of hydrogen-bond acceptors (Lipinski definition) is 6. The Kier molecular flexibility index (Phi) is 6.13. The quantitative estimate of drug-likeness (QED) is 0.633. The molecule has 1 N–H and O–H groups in total. The van der Waals surface area contributed by atoms with Crippen LogP contribution in [0.3, 0.4) is 0 Å². The molecule has 1 aromatic carbocycles. The van der Waals surface area contributed by atoms with Gasteiger partial charge in [0.25, 0.3) is 0 Å². The first-order valence-electron chi connectivity index (χ1n) is 8.56. The van der Waals surface area contributed by atoms with E-state index in [1.54, 1.807) is 13.8 Å². The summed E-state index contributed by atoms with van der Waals surface area (Å²) in [7, 11) is 0. The van der Waals surface area contributed by atoms with Crippen LogP contribution in [0.25, 0.3) is 0 Å². The lowest BCUT2D eigenvalue weighted by Gasteiger charge is -2.43. The summed E-state index contributed by atoms with van der Waals surface area (Å²) >= 11 is 0. The summed E-state index contributed by atoms with van der Waals surface area (Å²) < 4.78 is 23.9. The number of ether oxygens (including phenoxy) is 2. The lowest BCUT2D eigenvalue weighted by atomic mass is 9.61. The van der Waals surface area contributed by atoms with Gasteiger partial charge < -0.3 is 14.6 Å².